The van der Waals surface area contributed by atoms with Gasteiger partial charge in [0.2, 0.25) is 0 Å². The van der Waals surface area contributed by atoms with Crippen molar-refractivity contribution in [2.75, 3.05) is 0 Å². The fourth-order valence-corrected chi connectivity index (χ4v) is 2.99. The van der Waals surface area contributed by atoms with Crippen LogP contribution in [0.25, 0.3) is 0 Å². The van der Waals surface area contributed by atoms with E-state index in [0.29, 0.717) is 5.92 Å². The molecular weight excluding hydrogens is 230 g/mol. The fraction of sp³-hybridized carbons (Fsp3) is 0.786. The Kier molecular flexibility index (Phi) is 6.75. The lowest BCUT2D eigenvalue weighted by Gasteiger charge is -2.18. The monoisotopic (exact) mass is 255 g/mol. The second-order valence-electron chi connectivity index (χ2n) is 4.89. The summed E-state index contributed by atoms with van der Waals surface area (Å²) < 4.78 is 0. The van der Waals surface area contributed by atoms with Crippen LogP contribution in [0, 0.1) is 12.8 Å². The Labute approximate surface area is 109 Å². The zero-order chi connectivity index (χ0) is 12.7. The highest BCUT2D eigenvalue weighted by Gasteiger charge is 2.14. The summed E-state index contributed by atoms with van der Waals surface area (Å²) in [6.45, 7) is 6.45. The van der Waals surface area contributed by atoms with Gasteiger partial charge in [-0.25, -0.2) is 4.98 Å². The van der Waals surface area contributed by atoms with Gasteiger partial charge in [0.25, 0.3) is 0 Å². The van der Waals surface area contributed by atoms with Crippen molar-refractivity contribution < 1.29 is 5.11 Å². The average molecular weight is 255 g/mol. The van der Waals surface area contributed by atoms with Crippen molar-refractivity contribution in [3.05, 3.63) is 16.1 Å². The molecule has 0 aliphatic carbocycles. The molecule has 0 aromatic carbocycles. The number of aliphatic hydroxyl groups is 1. The summed E-state index contributed by atoms with van der Waals surface area (Å²) in [6, 6.07) is 0. The first-order valence-electron chi connectivity index (χ1n) is 6.74. The molecule has 17 heavy (non-hydrogen) atoms. The summed E-state index contributed by atoms with van der Waals surface area (Å²) in [5, 5.41) is 13.2. The van der Waals surface area contributed by atoms with E-state index in [1.807, 2.05) is 6.92 Å². The van der Waals surface area contributed by atoms with Crippen LogP contribution in [0.2, 0.25) is 0 Å². The van der Waals surface area contributed by atoms with E-state index in [1.54, 1.807) is 11.3 Å². The summed E-state index contributed by atoms with van der Waals surface area (Å²) in [5.74, 6) is 0.672. The van der Waals surface area contributed by atoms with E-state index in [0.717, 1.165) is 23.5 Å². The van der Waals surface area contributed by atoms with Crippen LogP contribution >= 0.6 is 11.3 Å². The van der Waals surface area contributed by atoms with Crippen molar-refractivity contribution in [3.8, 4) is 0 Å². The molecule has 1 N–H and O–H groups in total. The van der Waals surface area contributed by atoms with Gasteiger partial charge in [0, 0.05) is 17.5 Å². The standard InChI is InChI=1S/C14H25NOS/c1-4-6-7-12(5-2)8-13(16)9-14-15-11(3)10-17-14/h10,12-13,16H,4-9H2,1-3H3. The summed E-state index contributed by atoms with van der Waals surface area (Å²) in [5.41, 5.74) is 1.07. The quantitative estimate of drug-likeness (QED) is 0.762. The molecule has 3 heteroatoms. The number of aryl methyl sites for hydroxylation is 1. The molecule has 98 valence electrons. The molecule has 1 aromatic heterocycles. The lowest BCUT2D eigenvalue weighted by Crippen LogP contribution is -2.16. The Morgan fingerprint density at radius 2 is 2.18 bits per heavy atom. The largest absolute Gasteiger partial charge is 0.393 e. The second kappa shape index (κ2) is 7.83. The second-order valence-corrected chi connectivity index (χ2v) is 5.84. The highest BCUT2D eigenvalue weighted by Crippen LogP contribution is 2.21. The predicted octanol–water partition coefficient (Wildman–Crippen LogP) is 3.96. The number of rotatable bonds is 8. The molecule has 0 saturated heterocycles. The minimum absolute atomic E-state index is 0.220. The number of aliphatic hydroxyl groups excluding tert-OH is 1. The van der Waals surface area contributed by atoms with E-state index in [9.17, 15) is 5.11 Å². The normalized spacial score (nSPS) is 14.8. The summed E-state index contributed by atoms with van der Waals surface area (Å²) in [6.07, 6.45) is 6.38. The highest BCUT2D eigenvalue weighted by molar-refractivity contribution is 7.09. The maximum Gasteiger partial charge on any atom is 0.0953 e. The molecule has 1 aromatic rings. The van der Waals surface area contributed by atoms with Crippen molar-refractivity contribution in [3.63, 3.8) is 0 Å². The maximum atomic E-state index is 10.1. The number of thiazole rings is 1. The van der Waals surface area contributed by atoms with Gasteiger partial charge in [-0.1, -0.05) is 39.5 Å². The highest BCUT2D eigenvalue weighted by atomic mass is 32.1. The van der Waals surface area contributed by atoms with Gasteiger partial charge in [-0.2, -0.15) is 0 Å². The van der Waals surface area contributed by atoms with Gasteiger partial charge in [-0.05, 0) is 19.3 Å². The zero-order valence-corrected chi connectivity index (χ0v) is 12.1. The molecule has 2 unspecified atom stereocenters. The van der Waals surface area contributed by atoms with Crippen molar-refractivity contribution in [2.24, 2.45) is 5.92 Å². The maximum absolute atomic E-state index is 10.1. The third-order valence-electron chi connectivity index (χ3n) is 3.23. The first-order valence-corrected chi connectivity index (χ1v) is 7.62. The lowest BCUT2D eigenvalue weighted by atomic mass is 9.92. The van der Waals surface area contributed by atoms with Crippen molar-refractivity contribution >= 4 is 11.3 Å². The van der Waals surface area contributed by atoms with Crippen LogP contribution in [-0.4, -0.2) is 16.2 Å². The molecular formula is C14H25NOS. The Balaban J connectivity index is 2.34. The van der Waals surface area contributed by atoms with Gasteiger partial charge < -0.3 is 5.11 Å². The van der Waals surface area contributed by atoms with Crippen molar-refractivity contribution in [1.29, 1.82) is 0 Å². The van der Waals surface area contributed by atoms with Crippen molar-refractivity contribution in [1.82, 2.24) is 4.98 Å². The van der Waals surface area contributed by atoms with Crippen LogP contribution in [-0.2, 0) is 6.42 Å². The molecule has 0 amide bonds. The molecule has 0 spiro atoms. The predicted molar refractivity (Wildman–Crippen MR) is 74.5 cm³/mol. The Hall–Kier alpha value is -0.410. The van der Waals surface area contributed by atoms with E-state index >= 15 is 0 Å². The average Bonchev–Trinajstić information content (AvgIpc) is 2.69. The first kappa shape index (κ1) is 14.7. The number of hydrogen-bond acceptors (Lipinski definition) is 3. The Morgan fingerprint density at radius 3 is 2.71 bits per heavy atom. The van der Waals surface area contributed by atoms with Crippen LogP contribution in [0.1, 0.15) is 56.7 Å². The summed E-state index contributed by atoms with van der Waals surface area (Å²) in [4.78, 5) is 4.40. The molecule has 2 atom stereocenters. The van der Waals surface area contributed by atoms with Gasteiger partial charge in [0.15, 0.2) is 0 Å². The molecule has 0 aliphatic heterocycles. The third kappa shape index (κ3) is 5.64. The van der Waals surface area contributed by atoms with Crippen LogP contribution in [0.15, 0.2) is 5.38 Å². The van der Waals surface area contributed by atoms with Crippen LogP contribution < -0.4 is 0 Å². The fourth-order valence-electron chi connectivity index (χ4n) is 2.15. The van der Waals surface area contributed by atoms with E-state index in [4.69, 9.17) is 0 Å². The molecule has 0 saturated carbocycles. The Bertz CT molecular complexity index is 311. The topological polar surface area (TPSA) is 33.1 Å². The van der Waals surface area contributed by atoms with E-state index in [-0.39, 0.29) is 6.10 Å². The molecule has 0 fully saturated rings. The SMILES string of the molecule is CCCCC(CC)CC(O)Cc1nc(C)cs1. The van der Waals surface area contributed by atoms with Crippen LogP contribution in [0.4, 0.5) is 0 Å². The van der Waals surface area contributed by atoms with Gasteiger partial charge in [-0.15, -0.1) is 11.3 Å². The molecule has 2 nitrogen and oxygen atoms in total. The van der Waals surface area contributed by atoms with Crippen LogP contribution in [0.3, 0.4) is 0 Å². The molecule has 1 rings (SSSR count). The smallest absolute Gasteiger partial charge is 0.0953 e. The molecule has 0 bridgehead atoms. The zero-order valence-electron chi connectivity index (χ0n) is 11.3. The molecule has 1 heterocycles. The van der Waals surface area contributed by atoms with Crippen LogP contribution in [0.5, 0.6) is 0 Å². The Morgan fingerprint density at radius 1 is 1.41 bits per heavy atom. The van der Waals surface area contributed by atoms with Gasteiger partial charge >= 0.3 is 0 Å². The number of hydrogen-bond donors (Lipinski definition) is 1. The first-order chi connectivity index (χ1) is 8.15. The number of nitrogens with zero attached hydrogens (tertiary/aromatic N) is 1. The molecule has 0 radical (unpaired) electrons. The van der Waals surface area contributed by atoms with E-state index in [2.05, 4.69) is 24.2 Å². The van der Waals surface area contributed by atoms with Gasteiger partial charge in [0.1, 0.15) is 0 Å². The van der Waals surface area contributed by atoms with Crippen molar-refractivity contribution in [2.45, 2.75) is 65.4 Å². The minimum Gasteiger partial charge on any atom is -0.393 e. The van der Waals surface area contributed by atoms with Gasteiger partial charge in [-0.3, -0.25) is 0 Å². The van der Waals surface area contributed by atoms with E-state index < -0.39 is 0 Å². The number of unbranched alkanes of at least 4 members (excludes halogenated alkanes) is 1. The van der Waals surface area contributed by atoms with Gasteiger partial charge in [0.05, 0.1) is 11.1 Å². The summed E-state index contributed by atoms with van der Waals surface area (Å²) in [7, 11) is 0. The third-order valence-corrected chi connectivity index (χ3v) is 4.21. The number of aromatic nitrogens is 1. The molecule has 0 aliphatic rings. The minimum atomic E-state index is -0.220. The van der Waals surface area contributed by atoms with E-state index in [1.165, 1.54) is 25.7 Å². The lowest BCUT2D eigenvalue weighted by molar-refractivity contribution is 0.137. The summed E-state index contributed by atoms with van der Waals surface area (Å²) >= 11 is 1.66.